The van der Waals surface area contributed by atoms with Gasteiger partial charge in [-0.2, -0.15) is 0 Å². The molecule has 3 N–H and O–H groups in total. The van der Waals surface area contributed by atoms with Gasteiger partial charge >= 0.3 is 0 Å². The Bertz CT molecular complexity index is 1260. The number of nitrogens with one attached hydrogen (secondary N) is 3. The summed E-state index contributed by atoms with van der Waals surface area (Å²) < 4.78 is 39.0. The van der Waals surface area contributed by atoms with Crippen molar-refractivity contribution in [1.29, 1.82) is 0 Å². The summed E-state index contributed by atoms with van der Waals surface area (Å²) in [7, 11) is -3.71. The van der Waals surface area contributed by atoms with Crippen molar-refractivity contribution in [2.45, 2.75) is 44.0 Å². The number of thiocarbonyl (C=S) groups is 1. The van der Waals surface area contributed by atoms with E-state index in [-0.39, 0.29) is 22.5 Å². The summed E-state index contributed by atoms with van der Waals surface area (Å²) in [5.74, 6) is 0.802. The number of furan rings is 1. The minimum Gasteiger partial charge on any atom is -0.492 e. The van der Waals surface area contributed by atoms with Gasteiger partial charge in [0.2, 0.25) is 10.0 Å². The molecule has 8 nitrogen and oxygen atoms in total. The predicted octanol–water partition coefficient (Wildman–Crippen LogP) is 5.61. The molecule has 3 aromatic rings. The van der Waals surface area contributed by atoms with Gasteiger partial charge < -0.3 is 14.5 Å². The molecule has 1 aromatic heterocycles. The molecule has 0 unspecified atom stereocenters. The fraction of sp³-hybridized carbons (Fsp3) is 0.280. The first-order chi connectivity index (χ1) is 17.3. The number of rotatable bonds is 12. The van der Waals surface area contributed by atoms with Crippen LogP contribution in [0.2, 0.25) is 0 Å². The summed E-state index contributed by atoms with van der Waals surface area (Å²) >= 11 is 8.69. The zero-order valence-electron chi connectivity index (χ0n) is 19.8. The summed E-state index contributed by atoms with van der Waals surface area (Å²) in [6.07, 6.45) is 5.94. The van der Waals surface area contributed by atoms with Gasteiger partial charge in [0.1, 0.15) is 11.5 Å². The summed E-state index contributed by atoms with van der Waals surface area (Å²) in [5, 5.41) is 5.58. The van der Waals surface area contributed by atoms with Crippen molar-refractivity contribution in [2.75, 3.05) is 11.9 Å². The Morgan fingerprint density at radius 3 is 2.53 bits per heavy atom. The molecule has 0 radical (unpaired) electrons. The molecule has 1 heterocycles. The van der Waals surface area contributed by atoms with E-state index in [1.165, 1.54) is 31.2 Å². The van der Waals surface area contributed by atoms with Gasteiger partial charge in [0.05, 0.1) is 28.8 Å². The van der Waals surface area contributed by atoms with Gasteiger partial charge in [-0.25, -0.2) is 13.1 Å². The van der Waals surface area contributed by atoms with Crippen molar-refractivity contribution in [2.24, 2.45) is 0 Å². The van der Waals surface area contributed by atoms with Crippen molar-refractivity contribution < 1.29 is 22.4 Å². The Morgan fingerprint density at radius 2 is 1.86 bits per heavy atom. The molecule has 36 heavy (non-hydrogen) atoms. The second kappa shape index (κ2) is 13.5. The molecular formula is C25H28BrN3O5S2. The van der Waals surface area contributed by atoms with E-state index in [1.54, 1.807) is 42.5 Å². The van der Waals surface area contributed by atoms with E-state index in [9.17, 15) is 13.2 Å². The lowest BCUT2D eigenvalue weighted by atomic mass is 10.2. The summed E-state index contributed by atoms with van der Waals surface area (Å²) in [6, 6.07) is 14.4. The minimum absolute atomic E-state index is 0.0492. The van der Waals surface area contributed by atoms with Gasteiger partial charge in [-0.1, -0.05) is 26.2 Å². The number of sulfonamides is 1. The zero-order valence-corrected chi connectivity index (χ0v) is 23.0. The molecule has 0 saturated carbocycles. The minimum atomic E-state index is -3.71. The molecule has 0 atom stereocenters. The van der Waals surface area contributed by atoms with E-state index in [0.29, 0.717) is 33.8 Å². The zero-order chi connectivity index (χ0) is 26.0. The molecule has 192 valence electrons. The van der Waals surface area contributed by atoms with Crippen LogP contribution in [-0.4, -0.2) is 26.0 Å². The maximum Gasteiger partial charge on any atom is 0.257 e. The second-order valence-corrected chi connectivity index (χ2v) is 10.9. The van der Waals surface area contributed by atoms with Gasteiger partial charge in [0, 0.05) is 11.3 Å². The van der Waals surface area contributed by atoms with E-state index in [0.717, 1.165) is 12.8 Å². The monoisotopic (exact) mass is 593 g/mol. The quantitative estimate of drug-likeness (QED) is 0.185. The number of anilines is 1. The molecule has 0 bridgehead atoms. The number of hydrogen-bond acceptors (Lipinski definition) is 6. The van der Waals surface area contributed by atoms with Crippen LogP contribution in [0.3, 0.4) is 0 Å². The molecule has 3 rings (SSSR count). The maximum absolute atomic E-state index is 12.6. The molecule has 0 saturated heterocycles. The molecule has 2 aromatic carbocycles. The van der Waals surface area contributed by atoms with E-state index >= 15 is 0 Å². The number of amides is 1. The van der Waals surface area contributed by atoms with E-state index in [1.807, 2.05) is 0 Å². The lowest BCUT2D eigenvalue weighted by Gasteiger charge is -2.12. The molecule has 0 aliphatic carbocycles. The van der Waals surface area contributed by atoms with Crippen molar-refractivity contribution in [3.8, 4) is 5.75 Å². The van der Waals surface area contributed by atoms with Crippen LogP contribution in [0.1, 0.15) is 48.7 Å². The Morgan fingerprint density at radius 1 is 1.08 bits per heavy atom. The smallest absolute Gasteiger partial charge is 0.257 e. The first-order valence-corrected chi connectivity index (χ1v) is 14.1. The largest absolute Gasteiger partial charge is 0.492 e. The SMILES string of the molecule is CCCCCCOc1ccc(C(=O)NC(=S)Nc2ccc(S(=O)(=O)NCc3ccco3)cc2)cc1Br. The lowest BCUT2D eigenvalue weighted by molar-refractivity contribution is 0.0977. The van der Waals surface area contributed by atoms with Crippen LogP contribution in [0.5, 0.6) is 5.75 Å². The Hall–Kier alpha value is -2.73. The Labute approximate surface area is 225 Å². The molecule has 0 aliphatic rings. The predicted molar refractivity (Wildman–Crippen MR) is 147 cm³/mol. The van der Waals surface area contributed by atoms with Gasteiger partial charge in [0.25, 0.3) is 5.91 Å². The average Bonchev–Trinajstić information content (AvgIpc) is 3.38. The molecular weight excluding hydrogens is 566 g/mol. The van der Waals surface area contributed by atoms with Gasteiger partial charge in [0.15, 0.2) is 5.11 Å². The van der Waals surface area contributed by atoms with Crippen LogP contribution in [-0.2, 0) is 16.6 Å². The van der Waals surface area contributed by atoms with Crippen LogP contribution in [0.15, 0.2) is 74.6 Å². The van der Waals surface area contributed by atoms with Crippen LogP contribution in [0.4, 0.5) is 5.69 Å². The first-order valence-electron chi connectivity index (χ1n) is 11.5. The fourth-order valence-electron chi connectivity index (χ4n) is 3.19. The van der Waals surface area contributed by atoms with E-state index < -0.39 is 10.0 Å². The van der Waals surface area contributed by atoms with Crippen LogP contribution in [0.25, 0.3) is 0 Å². The summed E-state index contributed by atoms with van der Waals surface area (Å²) in [4.78, 5) is 12.7. The van der Waals surface area contributed by atoms with E-state index in [4.69, 9.17) is 21.4 Å². The molecule has 0 aliphatic heterocycles. The standard InChI is InChI=1S/C25H28BrN3O5S2/c1-2-3-4-5-14-34-23-13-8-18(16-22(23)26)24(30)29-25(35)28-19-9-11-21(12-10-19)36(31,32)27-17-20-7-6-15-33-20/h6-13,15-16,27H,2-5,14,17H2,1H3,(H2,28,29,30,35). The number of hydrogen-bond donors (Lipinski definition) is 3. The number of benzene rings is 2. The number of ether oxygens (including phenoxy) is 1. The lowest BCUT2D eigenvalue weighted by Crippen LogP contribution is -2.34. The number of unbranched alkanes of at least 4 members (excludes halogenated alkanes) is 3. The molecule has 1 amide bonds. The van der Waals surface area contributed by atoms with Gasteiger partial charge in [-0.15, -0.1) is 0 Å². The highest BCUT2D eigenvalue weighted by Crippen LogP contribution is 2.26. The third-order valence-corrected chi connectivity index (χ3v) is 7.36. The summed E-state index contributed by atoms with van der Waals surface area (Å²) in [6.45, 7) is 2.83. The topological polar surface area (TPSA) is 110 Å². The molecule has 0 fully saturated rings. The van der Waals surface area contributed by atoms with Gasteiger partial charge in [-0.3, -0.25) is 10.1 Å². The number of halogens is 1. The van der Waals surface area contributed by atoms with Crippen LogP contribution >= 0.6 is 28.1 Å². The third-order valence-electron chi connectivity index (χ3n) is 5.12. The summed E-state index contributed by atoms with van der Waals surface area (Å²) in [5.41, 5.74) is 0.937. The van der Waals surface area contributed by atoms with Crippen LogP contribution in [0, 0.1) is 0 Å². The highest BCUT2D eigenvalue weighted by Gasteiger charge is 2.15. The fourth-order valence-corrected chi connectivity index (χ4v) is 4.88. The average molecular weight is 595 g/mol. The van der Waals surface area contributed by atoms with Crippen molar-refractivity contribution in [1.82, 2.24) is 10.0 Å². The number of carbonyl (C=O) groups is 1. The van der Waals surface area contributed by atoms with Crippen molar-refractivity contribution in [3.05, 3.63) is 76.7 Å². The van der Waals surface area contributed by atoms with E-state index in [2.05, 4.69) is 38.2 Å². The number of carbonyl (C=O) groups excluding carboxylic acids is 1. The van der Waals surface area contributed by atoms with Crippen molar-refractivity contribution >= 4 is 54.9 Å². The highest BCUT2D eigenvalue weighted by atomic mass is 79.9. The maximum atomic E-state index is 12.6. The molecule has 11 heteroatoms. The Kier molecular flexibility index (Phi) is 10.5. The first kappa shape index (κ1) is 27.9. The third kappa shape index (κ3) is 8.44. The van der Waals surface area contributed by atoms with Crippen molar-refractivity contribution in [3.63, 3.8) is 0 Å². The molecule has 0 spiro atoms. The van der Waals surface area contributed by atoms with Gasteiger partial charge in [-0.05, 0) is 89.2 Å². The Balaban J connectivity index is 1.50. The van der Waals surface area contributed by atoms with Crippen LogP contribution < -0.4 is 20.1 Å². The highest BCUT2D eigenvalue weighted by molar-refractivity contribution is 9.10. The second-order valence-electron chi connectivity index (χ2n) is 7.89. The normalized spacial score (nSPS) is 11.2.